The van der Waals surface area contributed by atoms with Gasteiger partial charge in [0.05, 0.1) is 5.41 Å². The van der Waals surface area contributed by atoms with E-state index < -0.39 is 17.0 Å². The molecule has 3 nitrogen and oxygen atoms in total. The Morgan fingerprint density at radius 2 is 1.94 bits per heavy atom. The molecule has 1 fully saturated rings. The van der Waals surface area contributed by atoms with Gasteiger partial charge in [0.2, 0.25) is 11.6 Å². The van der Waals surface area contributed by atoms with Crippen molar-refractivity contribution in [3.05, 3.63) is 22.8 Å². The molecular formula is C13H12O3. The van der Waals surface area contributed by atoms with Crippen LogP contribution in [0.3, 0.4) is 0 Å². The van der Waals surface area contributed by atoms with Gasteiger partial charge < -0.3 is 0 Å². The molecule has 0 spiro atoms. The van der Waals surface area contributed by atoms with Gasteiger partial charge in [-0.15, -0.1) is 0 Å². The van der Waals surface area contributed by atoms with Crippen molar-refractivity contribution in [3.8, 4) is 0 Å². The molecule has 82 valence electrons. The lowest BCUT2D eigenvalue weighted by Crippen LogP contribution is -2.35. The van der Waals surface area contributed by atoms with Gasteiger partial charge in [0, 0.05) is 17.1 Å². The van der Waals surface area contributed by atoms with E-state index in [4.69, 9.17) is 0 Å². The SMILES string of the molecule is CC1(C)C(=O)C(=O)C2=C1C(=O)C1CCC1=C2. The summed E-state index contributed by atoms with van der Waals surface area (Å²) in [5, 5.41) is 0. The van der Waals surface area contributed by atoms with Crippen LogP contribution in [0.1, 0.15) is 26.7 Å². The Morgan fingerprint density at radius 3 is 2.50 bits per heavy atom. The first kappa shape index (κ1) is 9.70. The molecule has 0 bridgehead atoms. The zero-order chi connectivity index (χ0) is 11.7. The lowest BCUT2D eigenvalue weighted by Gasteiger charge is -2.34. The van der Waals surface area contributed by atoms with Crippen LogP contribution in [0.15, 0.2) is 22.8 Å². The summed E-state index contributed by atoms with van der Waals surface area (Å²) in [4.78, 5) is 35.7. The molecule has 16 heavy (non-hydrogen) atoms. The van der Waals surface area contributed by atoms with Crippen LogP contribution in [0.25, 0.3) is 0 Å². The van der Waals surface area contributed by atoms with Crippen molar-refractivity contribution in [2.75, 3.05) is 0 Å². The normalized spacial score (nSPS) is 31.0. The second-order valence-corrected chi connectivity index (χ2v) is 5.25. The lowest BCUT2D eigenvalue weighted by molar-refractivity contribution is -0.137. The van der Waals surface area contributed by atoms with Crippen molar-refractivity contribution in [2.45, 2.75) is 26.7 Å². The molecule has 3 aliphatic rings. The molecule has 3 heteroatoms. The molecule has 3 rings (SSSR count). The fraction of sp³-hybridized carbons (Fsp3) is 0.462. The van der Waals surface area contributed by atoms with Crippen molar-refractivity contribution in [3.63, 3.8) is 0 Å². The number of Topliss-reactive ketones (excluding diaryl/α,β-unsaturated/α-hetero) is 3. The molecule has 0 amide bonds. The van der Waals surface area contributed by atoms with E-state index in [1.165, 1.54) is 0 Å². The van der Waals surface area contributed by atoms with Crippen LogP contribution in [-0.2, 0) is 14.4 Å². The first-order valence-corrected chi connectivity index (χ1v) is 5.53. The fourth-order valence-electron chi connectivity index (χ4n) is 2.84. The van der Waals surface area contributed by atoms with E-state index in [0.29, 0.717) is 11.1 Å². The van der Waals surface area contributed by atoms with E-state index in [1.54, 1.807) is 19.9 Å². The first-order chi connectivity index (χ1) is 7.44. The van der Waals surface area contributed by atoms with Gasteiger partial charge in [0.1, 0.15) is 0 Å². The van der Waals surface area contributed by atoms with Gasteiger partial charge in [-0.3, -0.25) is 14.4 Å². The Morgan fingerprint density at radius 1 is 1.25 bits per heavy atom. The summed E-state index contributed by atoms with van der Waals surface area (Å²) in [6, 6.07) is 0. The van der Waals surface area contributed by atoms with E-state index in [1.807, 2.05) is 0 Å². The first-order valence-electron chi connectivity index (χ1n) is 5.53. The van der Waals surface area contributed by atoms with Crippen LogP contribution in [0.5, 0.6) is 0 Å². The van der Waals surface area contributed by atoms with Gasteiger partial charge in [0.15, 0.2) is 5.78 Å². The van der Waals surface area contributed by atoms with Crippen LogP contribution in [0.4, 0.5) is 0 Å². The van der Waals surface area contributed by atoms with E-state index >= 15 is 0 Å². The van der Waals surface area contributed by atoms with Gasteiger partial charge in [-0.25, -0.2) is 0 Å². The second-order valence-electron chi connectivity index (χ2n) is 5.25. The van der Waals surface area contributed by atoms with E-state index in [-0.39, 0.29) is 11.7 Å². The predicted octanol–water partition coefficient (Wildman–Crippen LogP) is 1.38. The van der Waals surface area contributed by atoms with Crippen LogP contribution < -0.4 is 0 Å². The van der Waals surface area contributed by atoms with E-state index in [0.717, 1.165) is 18.4 Å². The maximum atomic E-state index is 12.2. The van der Waals surface area contributed by atoms with Crippen molar-refractivity contribution >= 4 is 17.3 Å². The van der Waals surface area contributed by atoms with E-state index in [2.05, 4.69) is 0 Å². The minimum Gasteiger partial charge on any atom is -0.294 e. The highest BCUT2D eigenvalue weighted by atomic mass is 16.2. The highest BCUT2D eigenvalue weighted by molar-refractivity contribution is 6.51. The maximum Gasteiger partial charge on any atom is 0.229 e. The summed E-state index contributed by atoms with van der Waals surface area (Å²) in [5.74, 6) is -0.963. The molecule has 0 heterocycles. The number of carbonyl (C=O) groups is 3. The predicted molar refractivity (Wildman–Crippen MR) is 56.6 cm³/mol. The van der Waals surface area contributed by atoms with Gasteiger partial charge >= 0.3 is 0 Å². The average molecular weight is 216 g/mol. The van der Waals surface area contributed by atoms with Gasteiger partial charge in [-0.2, -0.15) is 0 Å². The monoisotopic (exact) mass is 216 g/mol. The molecule has 0 aromatic rings. The van der Waals surface area contributed by atoms with Crippen molar-refractivity contribution in [1.29, 1.82) is 0 Å². The number of ketones is 3. The molecule has 0 saturated heterocycles. The summed E-state index contributed by atoms with van der Waals surface area (Å²) in [6.45, 7) is 3.34. The molecule has 0 radical (unpaired) electrons. The summed E-state index contributed by atoms with van der Waals surface area (Å²) in [6.07, 6.45) is 3.52. The third-order valence-corrected chi connectivity index (χ3v) is 3.97. The molecule has 3 aliphatic carbocycles. The molecular weight excluding hydrogens is 204 g/mol. The third-order valence-electron chi connectivity index (χ3n) is 3.97. The van der Waals surface area contributed by atoms with Gasteiger partial charge in [-0.1, -0.05) is 11.6 Å². The molecule has 0 N–H and O–H groups in total. The van der Waals surface area contributed by atoms with Crippen LogP contribution in [0.2, 0.25) is 0 Å². The Hall–Kier alpha value is -1.51. The standard InChI is InChI=1S/C13H12O3/c1-13(2)9-8(11(15)12(13)16)5-6-3-4-7(6)10(9)14/h5,7H,3-4H2,1-2H3. The summed E-state index contributed by atoms with van der Waals surface area (Å²) in [5.41, 5.74) is 0.936. The molecule has 1 saturated carbocycles. The number of hydrogen-bond acceptors (Lipinski definition) is 3. The molecule has 1 unspecified atom stereocenters. The van der Waals surface area contributed by atoms with Crippen molar-refractivity contribution < 1.29 is 14.4 Å². The number of rotatable bonds is 0. The zero-order valence-corrected chi connectivity index (χ0v) is 9.29. The minimum atomic E-state index is -0.916. The Balaban J connectivity index is 2.24. The largest absolute Gasteiger partial charge is 0.294 e. The summed E-state index contributed by atoms with van der Waals surface area (Å²) in [7, 11) is 0. The minimum absolute atomic E-state index is 0.00273. The Bertz CT molecular complexity index is 517. The average Bonchev–Trinajstić information content (AvgIpc) is 2.33. The quantitative estimate of drug-likeness (QED) is 0.575. The van der Waals surface area contributed by atoms with Crippen LogP contribution >= 0.6 is 0 Å². The topological polar surface area (TPSA) is 51.2 Å². The van der Waals surface area contributed by atoms with Crippen LogP contribution in [0, 0.1) is 11.3 Å². The van der Waals surface area contributed by atoms with Gasteiger partial charge in [0.25, 0.3) is 0 Å². The highest BCUT2D eigenvalue weighted by Crippen LogP contribution is 2.49. The highest BCUT2D eigenvalue weighted by Gasteiger charge is 2.53. The molecule has 0 aromatic carbocycles. The third kappa shape index (κ3) is 0.872. The van der Waals surface area contributed by atoms with Crippen molar-refractivity contribution in [1.82, 2.24) is 0 Å². The Labute approximate surface area is 93.2 Å². The van der Waals surface area contributed by atoms with Crippen LogP contribution in [-0.4, -0.2) is 17.3 Å². The number of allylic oxidation sites excluding steroid dienone is 4. The number of hydrogen-bond donors (Lipinski definition) is 0. The number of carbonyl (C=O) groups excluding carboxylic acids is 3. The molecule has 0 aliphatic heterocycles. The summed E-state index contributed by atoms with van der Waals surface area (Å²) < 4.78 is 0. The van der Waals surface area contributed by atoms with E-state index in [9.17, 15) is 14.4 Å². The van der Waals surface area contributed by atoms with Crippen molar-refractivity contribution in [2.24, 2.45) is 11.3 Å². The number of fused-ring (bicyclic) bond motifs is 1. The fourth-order valence-corrected chi connectivity index (χ4v) is 2.84. The second kappa shape index (κ2) is 2.59. The smallest absolute Gasteiger partial charge is 0.229 e. The summed E-state index contributed by atoms with van der Waals surface area (Å²) >= 11 is 0. The lowest BCUT2D eigenvalue weighted by atomic mass is 9.67. The Kier molecular flexibility index (Phi) is 1.57. The molecule has 0 aromatic heterocycles. The molecule has 1 atom stereocenters. The zero-order valence-electron chi connectivity index (χ0n) is 9.29. The van der Waals surface area contributed by atoms with Gasteiger partial charge in [-0.05, 0) is 26.7 Å². The maximum absolute atomic E-state index is 12.2.